The Labute approximate surface area is 154 Å². The second-order valence-electron chi connectivity index (χ2n) is 7.19. The Morgan fingerprint density at radius 2 is 2.00 bits per heavy atom. The molecule has 2 aliphatic rings. The first-order valence-electron chi connectivity index (χ1n) is 9.11. The molecule has 4 rings (SSSR count). The van der Waals surface area contributed by atoms with Crippen molar-refractivity contribution < 1.29 is 4.74 Å². The molecule has 1 aliphatic heterocycles. The fourth-order valence-electron chi connectivity index (χ4n) is 4.49. The van der Waals surface area contributed by atoms with E-state index in [1.165, 1.54) is 24.8 Å². The fraction of sp³-hybridized carbons (Fsp3) is 0.429. The van der Waals surface area contributed by atoms with Crippen molar-refractivity contribution in [3.05, 3.63) is 64.7 Å². The van der Waals surface area contributed by atoms with E-state index in [1.807, 2.05) is 18.2 Å². The van der Waals surface area contributed by atoms with Gasteiger partial charge in [-0.2, -0.15) is 0 Å². The minimum absolute atomic E-state index is 0.359. The molecule has 1 saturated carbocycles. The Kier molecular flexibility index (Phi) is 4.98. The van der Waals surface area contributed by atoms with Gasteiger partial charge in [-0.15, -0.1) is 0 Å². The van der Waals surface area contributed by atoms with Crippen LogP contribution in [0.5, 0.6) is 5.75 Å². The number of piperidine rings is 1. The lowest BCUT2D eigenvalue weighted by atomic mass is 9.84. The molecule has 1 heterocycles. The van der Waals surface area contributed by atoms with Crippen molar-refractivity contribution in [2.24, 2.45) is 5.92 Å². The monoisotopic (exact) mass is 356 g/mol. The summed E-state index contributed by atoms with van der Waals surface area (Å²) < 4.78 is 5.50. The van der Waals surface area contributed by atoms with Crippen LogP contribution < -0.4 is 15.4 Å². The predicted molar refractivity (Wildman–Crippen MR) is 102 cm³/mol. The molecule has 0 radical (unpaired) electrons. The van der Waals surface area contributed by atoms with Gasteiger partial charge in [0.2, 0.25) is 0 Å². The number of fused-ring (bicyclic) bond motifs is 2. The topological polar surface area (TPSA) is 33.3 Å². The van der Waals surface area contributed by atoms with Gasteiger partial charge in [0.25, 0.3) is 0 Å². The number of nitrogens with one attached hydrogen (secondary N) is 2. The fourth-order valence-corrected chi connectivity index (χ4v) is 4.68. The first kappa shape index (κ1) is 16.9. The molecule has 4 unspecified atom stereocenters. The molecule has 2 aromatic carbocycles. The van der Waals surface area contributed by atoms with Crippen LogP contribution in [-0.4, -0.2) is 19.2 Å². The third-order valence-electron chi connectivity index (χ3n) is 5.68. The predicted octanol–water partition coefficient (Wildman–Crippen LogP) is 4.32. The zero-order valence-electron chi connectivity index (χ0n) is 14.5. The van der Waals surface area contributed by atoms with Crippen LogP contribution in [0, 0.1) is 5.92 Å². The summed E-state index contributed by atoms with van der Waals surface area (Å²) in [6.07, 6.45) is 3.85. The number of hydrogen-bond donors (Lipinski definition) is 2. The average molecular weight is 357 g/mol. The van der Waals surface area contributed by atoms with Crippen LogP contribution in [-0.2, 0) is 6.54 Å². The van der Waals surface area contributed by atoms with Crippen molar-refractivity contribution in [3.8, 4) is 5.75 Å². The van der Waals surface area contributed by atoms with E-state index in [0.717, 1.165) is 28.8 Å². The van der Waals surface area contributed by atoms with Crippen LogP contribution >= 0.6 is 11.6 Å². The summed E-state index contributed by atoms with van der Waals surface area (Å²) >= 11 is 6.19. The van der Waals surface area contributed by atoms with E-state index in [2.05, 4.69) is 41.0 Å². The largest absolute Gasteiger partial charge is 0.496 e. The molecule has 1 aliphatic carbocycles. The van der Waals surface area contributed by atoms with Crippen LogP contribution in [0.4, 0.5) is 0 Å². The van der Waals surface area contributed by atoms with E-state index in [0.29, 0.717) is 18.1 Å². The van der Waals surface area contributed by atoms with E-state index in [9.17, 15) is 0 Å². The van der Waals surface area contributed by atoms with Gasteiger partial charge in [0.05, 0.1) is 7.11 Å². The summed E-state index contributed by atoms with van der Waals surface area (Å²) in [5.74, 6) is 1.61. The first-order chi connectivity index (χ1) is 12.2. The minimum Gasteiger partial charge on any atom is -0.496 e. The third kappa shape index (κ3) is 3.55. The second kappa shape index (κ2) is 7.36. The van der Waals surface area contributed by atoms with Gasteiger partial charge >= 0.3 is 0 Å². The molecule has 25 heavy (non-hydrogen) atoms. The zero-order chi connectivity index (χ0) is 17.2. The number of rotatable bonds is 5. The molecule has 132 valence electrons. The quantitative estimate of drug-likeness (QED) is 0.837. The van der Waals surface area contributed by atoms with Crippen molar-refractivity contribution in [3.63, 3.8) is 0 Å². The van der Waals surface area contributed by atoms with E-state index in [4.69, 9.17) is 16.3 Å². The van der Waals surface area contributed by atoms with Gasteiger partial charge in [-0.05, 0) is 48.9 Å². The third-order valence-corrected chi connectivity index (χ3v) is 5.92. The molecule has 0 spiro atoms. The number of hydrogen-bond acceptors (Lipinski definition) is 3. The van der Waals surface area contributed by atoms with Gasteiger partial charge in [-0.3, -0.25) is 0 Å². The minimum atomic E-state index is 0.359. The second-order valence-corrected chi connectivity index (χ2v) is 7.62. The van der Waals surface area contributed by atoms with Crippen molar-refractivity contribution in [2.45, 2.75) is 43.9 Å². The summed E-state index contributed by atoms with van der Waals surface area (Å²) in [5.41, 5.74) is 2.48. The van der Waals surface area contributed by atoms with Crippen molar-refractivity contribution in [2.75, 3.05) is 7.11 Å². The molecular formula is C21H25ClN2O. The normalized spacial score (nSPS) is 28.1. The molecule has 1 saturated heterocycles. The summed E-state index contributed by atoms with van der Waals surface area (Å²) in [4.78, 5) is 0. The van der Waals surface area contributed by atoms with E-state index in [-0.39, 0.29) is 0 Å². The van der Waals surface area contributed by atoms with Gasteiger partial charge in [-0.25, -0.2) is 0 Å². The lowest BCUT2D eigenvalue weighted by Crippen LogP contribution is -2.51. The summed E-state index contributed by atoms with van der Waals surface area (Å²) in [5, 5.41) is 8.43. The first-order valence-corrected chi connectivity index (χ1v) is 9.49. The Balaban J connectivity index is 1.55. The van der Waals surface area contributed by atoms with Crippen molar-refractivity contribution in [1.82, 2.24) is 10.6 Å². The Morgan fingerprint density at radius 3 is 2.80 bits per heavy atom. The highest BCUT2D eigenvalue weighted by molar-refractivity contribution is 6.30. The smallest absolute Gasteiger partial charge is 0.123 e. The Morgan fingerprint density at radius 1 is 1.16 bits per heavy atom. The highest BCUT2D eigenvalue weighted by Gasteiger charge is 2.41. The van der Waals surface area contributed by atoms with E-state index >= 15 is 0 Å². The van der Waals surface area contributed by atoms with Gasteiger partial charge in [0.15, 0.2) is 0 Å². The average Bonchev–Trinajstić information content (AvgIpc) is 3.04. The summed E-state index contributed by atoms with van der Waals surface area (Å²) in [6.45, 7) is 0.764. The highest BCUT2D eigenvalue weighted by Crippen LogP contribution is 2.40. The van der Waals surface area contributed by atoms with Crippen molar-refractivity contribution in [1.29, 1.82) is 0 Å². The number of halogens is 1. The molecule has 4 heteroatoms. The summed E-state index contributed by atoms with van der Waals surface area (Å²) in [6, 6.07) is 18.1. The SMILES string of the molecule is COc1ccc(Cl)cc1CNC1C2CCC(C2)NC1c1ccccc1. The maximum absolute atomic E-state index is 6.19. The van der Waals surface area contributed by atoms with Gasteiger partial charge < -0.3 is 15.4 Å². The lowest BCUT2D eigenvalue weighted by Gasteiger charge is -2.39. The maximum atomic E-state index is 6.19. The van der Waals surface area contributed by atoms with Crippen LogP contribution in [0.2, 0.25) is 5.02 Å². The van der Waals surface area contributed by atoms with Gasteiger partial charge in [-0.1, -0.05) is 41.9 Å². The molecule has 3 nitrogen and oxygen atoms in total. The van der Waals surface area contributed by atoms with Crippen LogP contribution in [0.3, 0.4) is 0 Å². The van der Waals surface area contributed by atoms with Crippen molar-refractivity contribution >= 4 is 11.6 Å². The zero-order valence-corrected chi connectivity index (χ0v) is 15.3. The van der Waals surface area contributed by atoms with E-state index in [1.54, 1.807) is 7.11 Å². The van der Waals surface area contributed by atoms with Crippen LogP contribution in [0.15, 0.2) is 48.5 Å². The van der Waals surface area contributed by atoms with Gasteiger partial charge in [0, 0.05) is 35.3 Å². The standard InChI is InChI=1S/C21H25ClN2O/c1-25-19-10-8-17(22)11-16(19)13-23-20-15-7-9-18(12-15)24-21(20)14-5-3-2-4-6-14/h2-6,8,10-11,15,18,20-21,23-24H,7,9,12-13H2,1H3. The number of benzene rings is 2. The maximum Gasteiger partial charge on any atom is 0.123 e. The molecule has 0 amide bonds. The molecular weight excluding hydrogens is 332 g/mol. The molecule has 0 aromatic heterocycles. The number of methoxy groups -OCH3 is 1. The molecule has 4 atom stereocenters. The molecule has 2 N–H and O–H groups in total. The number of ether oxygens (including phenoxy) is 1. The Bertz CT molecular complexity index is 721. The lowest BCUT2D eigenvalue weighted by molar-refractivity contribution is 0.224. The molecule has 2 aromatic rings. The molecule has 2 bridgehead atoms. The summed E-state index contributed by atoms with van der Waals surface area (Å²) in [7, 11) is 1.71. The Hall–Kier alpha value is -1.55. The van der Waals surface area contributed by atoms with Crippen LogP contribution in [0.1, 0.15) is 36.4 Å². The van der Waals surface area contributed by atoms with E-state index < -0.39 is 0 Å². The van der Waals surface area contributed by atoms with Crippen LogP contribution in [0.25, 0.3) is 0 Å². The van der Waals surface area contributed by atoms with Gasteiger partial charge in [0.1, 0.15) is 5.75 Å². The highest BCUT2D eigenvalue weighted by atomic mass is 35.5. The molecule has 2 fully saturated rings.